The summed E-state index contributed by atoms with van der Waals surface area (Å²) in [5.41, 5.74) is 0. The summed E-state index contributed by atoms with van der Waals surface area (Å²) >= 11 is 0. The maximum atomic E-state index is 10.8. The lowest BCUT2D eigenvalue weighted by molar-refractivity contribution is -0.237. The molecule has 1 heterocycles. The summed E-state index contributed by atoms with van der Waals surface area (Å²) in [5, 5.41) is 28.2. The standard InChI is InChI=1S/C6H14O12P2/c7-2-6(18-20(13,14)15)5(9)4(8)3(17-6)1-16-19(10,11)12/h3-5,7-9H,1-2H2,(H2,10,11,12)(H2,13,14,15)/t3-,4+,5-,6-/m1/s1. The summed E-state index contributed by atoms with van der Waals surface area (Å²) in [6.45, 7) is -2.14. The molecule has 0 aromatic heterocycles. The van der Waals surface area contributed by atoms with E-state index in [9.17, 15) is 19.3 Å². The number of rotatable bonds is 6. The lowest BCUT2D eigenvalue weighted by Gasteiger charge is -2.29. The average Bonchev–Trinajstić information content (AvgIpc) is 2.49. The molecule has 1 fully saturated rings. The molecule has 0 radical (unpaired) electrons. The zero-order valence-electron chi connectivity index (χ0n) is 9.71. The number of aliphatic hydroxyl groups excluding tert-OH is 3. The Morgan fingerprint density at radius 3 is 2.05 bits per heavy atom. The van der Waals surface area contributed by atoms with Crippen LogP contribution in [0.15, 0.2) is 0 Å². The molecule has 0 spiro atoms. The highest BCUT2D eigenvalue weighted by atomic mass is 31.2. The predicted molar refractivity (Wildman–Crippen MR) is 57.8 cm³/mol. The van der Waals surface area contributed by atoms with Crippen LogP contribution >= 0.6 is 15.6 Å². The Balaban J connectivity index is 2.85. The van der Waals surface area contributed by atoms with Crippen molar-refractivity contribution < 1.29 is 57.8 Å². The third-order valence-corrected chi connectivity index (χ3v) is 3.44. The van der Waals surface area contributed by atoms with Crippen molar-refractivity contribution >= 4 is 15.6 Å². The molecule has 4 atom stereocenters. The van der Waals surface area contributed by atoms with Crippen molar-refractivity contribution in [3.05, 3.63) is 0 Å². The minimum atomic E-state index is -5.19. The van der Waals surface area contributed by atoms with Gasteiger partial charge in [0.05, 0.1) is 6.61 Å². The topological polar surface area (TPSA) is 203 Å². The van der Waals surface area contributed by atoms with Crippen LogP contribution in [0, 0.1) is 0 Å². The third kappa shape index (κ3) is 4.53. The van der Waals surface area contributed by atoms with E-state index in [1.54, 1.807) is 0 Å². The van der Waals surface area contributed by atoms with Crippen LogP contribution in [-0.2, 0) is 22.9 Å². The van der Waals surface area contributed by atoms with Gasteiger partial charge in [-0.05, 0) is 0 Å². The SMILES string of the molecule is O=P(O)(O)OC[C@H]1O[C@](CO)(OP(=O)(O)O)[C@H](O)[C@H]1O. The molecule has 1 saturated heterocycles. The van der Waals surface area contributed by atoms with Gasteiger partial charge in [-0.2, -0.15) is 0 Å². The van der Waals surface area contributed by atoms with Crippen molar-refractivity contribution in [2.45, 2.75) is 24.1 Å². The number of ether oxygens (including phenoxy) is 1. The molecule has 14 heteroatoms. The van der Waals surface area contributed by atoms with E-state index in [0.717, 1.165) is 0 Å². The van der Waals surface area contributed by atoms with E-state index >= 15 is 0 Å². The Kier molecular flexibility index (Phi) is 5.48. The Morgan fingerprint density at radius 1 is 1.10 bits per heavy atom. The number of phosphoric acid groups is 2. The minimum absolute atomic E-state index is 0.908. The van der Waals surface area contributed by atoms with Gasteiger partial charge in [-0.3, -0.25) is 4.52 Å². The summed E-state index contributed by atoms with van der Waals surface area (Å²) in [6.07, 6.45) is -5.53. The van der Waals surface area contributed by atoms with Gasteiger partial charge in [0, 0.05) is 0 Å². The Morgan fingerprint density at radius 2 is 1.65 bits per heavy atom. The zero-order chi connectivity index (χ0) is 15.8. The maximum Gasteiger partial charge on any atom is 0.472 e. The first-order valence-electron chi connectivity index (χ1n) is 5.01. The molecule has 0 saturated carbocycles. The number of hydrogen-bond donors (Lipinski definition) is 7. The van der Waals surface area contributed by atoms with E-state index in [4.69, 9.17) is 29.4 Å². The highest BCUT2D eigenvalue weighted by Gasteiger charge is 2.58. The van der Waals surface area contributed by atoms with Crippen LogP contribution in [0.25, 0.3) is 0 Å². The molecule has 7 N–H and O–H groups in total. The molecule has 0 aromatic rings. The monoisotopic (exact) mass is 340 g/mol. The Hall–Kier alpha value is 0.0600. The first-order chi connectivity index (χ1) is 8.90. The smallest absolute Gasteiger partial charge is 0.391 e. The fraction of sp³-hybridized carbons (Fsp3) is 1.00. The zero-order valence-corrected chi connectivity index (χ0v) is 11.5. The van der Waals surface area contributed by atoms with E-state index in [2.05, 4.69) is 9.05 Å². The molecule has 12 nitrogen and oxygen atoms in total. The van der Waals surface area contributed by atoms with Crippen molar-refractivity contribution in [1.82, 2.24) is 0 Å². The van der Waals surface area contributed by atoms with Crippen LogP contribution < -0.4 is 0 Å². The molecule has 20 heavy (non-hydrogen) atoms. The molecule has 1 rings (SSSR count). The molecule has 0 aliphatic carbocycles. The lowest BCUT2D eigenvalue weighted by atomic mass is 10.1. The largest absolute Gasteiger partial charge is 0.472 e. The minimum Gasteiger partial charge on any atom is -0.391 e. The average molecular weight is 340 g/mol. The first-order valence-corrected chi connectivity index (χ1v) is 8.07. The molecule has 120 valence electrons. The van der Waals surface area contributed by atoms with Crippen molar-refractivity contribution in [1.29, 1.82) is 0 Å². The van der Waals surface area contributed by atoms with Crippen LogP contribution in [0.2, 0.25) is 0 Å². The Labute approximate surface area is 112 Å². The van der Waals surface area contributed by atoms with E-state index < -0.39 is 53.0 Å². The van der Waals surface area contributed by atoms with Crippen molar-refractivity contribution in [2.75, 3.05) is 13.2 Å². The second-order valence-corrected chi connectivity index (χ2v) is 6.33. The van der Waals surface area contributed by atoms with Gasteiger partial charge in [0.2, 0.25) is 5.79 Å². The second kappa shape index (κ2) is 6.05. The summed E-state index contributed by atoms with van der Waals surface area (Å²) in [4.78, 5) is 34.3. The van der Waals surface area contributed by atoms with Crippen LogP contribution in [0.5, 0.6) is 0 Å². The van der Waals surface area contributed by atoms with Gasteiger partial charge < -0.3 is 39.6 Å². The van der Waals surface area contributed by atoms with Crippen LogP contribution in [-0.4, -0.2) is 72.2 Å². The maximum absolute atomic E-state index is 10.8. The molecular formula is C6H14O12P2. The summed E-state index contributed by atoms with van der Waals surface area (Å²) in [5.74, 6) is -2.64. The number of hydrogen-bond acceptors (Lipinski definition) is 8. The van der Waals surface area contributed by atoms with Crippen molar-refractivity contribution in [3.8, 4) is 0 Å². The Bertz CT molecular complexity index is 428. The van der Waals surface area contributed by atoms with E-state index in [0.29, 0.717) is 0 Å². The fourth-order valence-corrected chi connectivity index (χ4v) is 2.55. The fourth-order valence-electron chi connectivity index (χ4n) is 1.60. The van der Waals surface area contributed by atoms with Gasteiger partial charge in [0.1, 0.15) is 24.9 Å². The molecular weight excluding hydrogens is 326 g/mol. The molecule has 0 unspecified atom stereocenters. The quantitative estimate of drug-likeness (QED) is 0.242. The molecule has 0 bridgehead atoms. The van der Waals surface area contributed by atoms with Gasteiger partial charge in [-0.1, -0.05) is 0 Å². The predicted octanol–water partition coefficient (Wildman–Crippen LogP) is -2.99. The van der Waals surface area contributed by atoms with E-state index in [-0.39, 0.29) is 0 Å². The van der Waals surface area contributed by atoms with Crippen LogP contribution in [0.3, 0.4) is 0 Å². The second-order valence-electron chi connectivity index (χ2n) is 3.93. The van der Waals surface area contributed by atoms with Crippen LogP contribution in [0.4, 0.5) is 0 Å². The highest BCUT2D eigenvalue weighted by molar-refractivity contribution is 7.46. The number of phosphoric ester groups is 2. The number of aliphatic hydroxyl groups is 3. The molecule has 1 aliphatic rings. The summed E-state index contributed by atoms with van der Waals surface area (Å²) < 4.78 is 34.2. The van der Waals surface area contributed by atoms with Gasteiger partial charge in [0.15, 0.2) is 0 Å². The van der Waals surface area contributed by atoms with Crippen LogP contribution in [0.1, 0.15) is 0 Å². The highest BCUT2D eigenvalue weighted by Crippen LogP contribution is 2.47. The van der Waals surface area contributed by atoms with E-state index in [1.807, 2.05) is 0 Å². The first kappa shape index (κ1) is 18.1. The van der Waals surface area contributed by atoms with Gasteiger partial charge >= 0.3 is 15.6 Å². The normalized spacial score (nSPS) is 35.5. The third-order valence-electron chi connectivity index (χ3n) is 2.41. The molecule has 0 amide bonds. The summed E-state index contributed by atoms with van der Waals surface area (Å²) in [6, 6.07) is 0. The lowest BCUT2D eigenvalue weighted by Crippen LogP contribution is -2.47. The van der Waals surface area contributed by atoms with Crippen molar-refractivity contribution in [2.24, 2.45) is 0 Å². The van der Waals surface area contributed by atoms with Crippen molar-refractivity contribution in [3.63, 3.8) is 0 Å². The van der Waals surface area contributed by atoms with E-state index in [1.165, 1.54) is 0 Å². The molecule has 0 aromatic carbocycles. The molecule has 1 aliphatic heterocycles. The van der Waals surface area contributed by atoms with Gasteiger partial charge in [-0.25, -0.2) is 13.7 Å². The summed E-state index contributed by atoms with van der Waals surface area (Å²) in [7, 11) is -10.1. The van der Waals surface area contributed by atoms with Gasteiger partial charge in [-0.15, -0.1) is 0 Å². The van der Waals surface area contributed by atoms with Gasteiger partial charge in [0.25, 0.3) is 0 Å².